The molecule has 3 rings (SSSR count). The van der Waals surface area contributed by atoms with E-state index in [1.165, 1.54) is 12.7 Å². The Kier molecular flexibility index (Phi) is 5.16. The Balaban J connectivity index is 1.82. The fourth-order valence-electron chi connectivity index (χ4n) is 3.19. The number of para-hydroxylation sites is 1. The van der Waals surface area contributed by atoms with E-state index in [-0.39, 0.29) is 12.0 Å². The summed E-state index contributed by atoms with van der Waals surface area (Å²) in [5.74, 6) is 0.554. The molecule has 1 aliphatic rings. The lowest BCUT2D eigenvalue weighted by atomic mass is 10.1. The highest BCUT2D eigenvalue weighted by molar-refractivity contribution is 7.12. The number of rotatable bonds is 5. The quantitative estimate of drug-likeness (QED) is 0.775. The van der Waals surface area contributed by atoms with Crippen molar-refractivity contribution < 1.29 is 14.3 Å². The lowest BCUT2D eigenvalue weighted by Gasteiger charge is -2.23. The lowest BCUT2D eigenvalue weighted by molar-refractivity contribution is 0.0593. The maximum Gasteiger partial charge on any atom is 0.357 e. The SMILES string of the molecule is COC(=O)c1nc([C@@H]2CCCN2Cc2ccccc2OC)sc1C. The molecular weight excluding hydrogens is 324 g/mol. The number of aryl methyl sites for hydroxylation is 1. The van der Waals surface area contributed by atoms with Crippen molar-refractivity contribution in [2.45, 2.75) is 32.4 Å². The van der Waals surface area contributed by atoms with E-state index >= 15 is 0 Å². The fraction of sp³-hybridized carbons (Fsp3) is 0.444. The highest BCUT2D eigenvalue weighted by Gasteiger charge is 2.30. The Morgan fingerprint density at radius 3 is 2.92 bits per heavy atom. The van der Waals surface area contributed by atoms with Crippen LogP contribution in [0.4, 0.5) is 0 Å². The third-order valence-corrected chi connectivity index (χ3v) is 5.48. The number of nitrogens with zero attached hydrogens (tertiary/aromatic N) is 2. The molecule has 0 bridgehead atoms. The molecule has 2 aromatic rings. The van der Waals surface area contributed by atoms with E-state index in [2.05, 4.69) is 16.0 Å². The van der Waals surface area contributed by atoms with Gasteiger partial charge in [-0.15, -0.1) is 11.3 Å². The summed E-state index contributed by atoms with van der Waals surface area (Å²) in [6.45, 7) is 3.77. The van der Waals surface area contributed by atoms with Gasteiger partial charge in [0.05, 0.1) is 20.3 Å². The minimum absolute atomic E-state index is 0.247. The van der Waals surface area contributed by atoms with E-state index in [9.17, 15) is 4.79 Å². The van der Waals surface area contributed by atoms with Gasteiger partial charge in [-0.1, -0.05) is 18.2 Å². The zero-order valence-corrected chi connectivity index (χ0v) is 15.1. The number of aromatic nitrogens is 1. The van der Waals surface area contributed by atoms with Crippen molar-refractivity contribution in [3.05, 3.63) is 45.4 Å². The molecule has 1 fully saturated rings. The summed E-state index contributed by atoms with van der Waals surface area (Å²) in [5.41, 5.74) is 1.62. The van der Waals surface area contributed by atoms with Crippen molar-refractivity contribution in [1.29, 1.82) is 0 Å². The van der Waals surface area contributed by atoms with E-state index in [4.69, 9.17) is 9.47 Å². The van der Waals surface area contributed by atoms with Gasteiger partial charge in [-0.05, 0) is 32.4 Å². The molecule has 0 N–H and O–H groups in total. The van der Waals surface area contributed by atoms with Gasteiger partial charge in [-0.3, -0.25) is 4.90 Å². The fourth-order valence-corrected chi connectivity index (χ4v) is 4.27. The van der Waals surface area contributed by atoms with Gasteiger partial charge in [0.15, 0.2) is 5.69 Å². The molecule has 2 heterocycles. The summed E-state index contributed by atoms with van der Waals surface area (Å²) in [4.78, 5) is 19.7. The standard InChI is InChI=1S/C18H22N2O3S/c1-12-16(18(21)23-3)19-17(24-12)14-8-6-10-20(14)11-13-7-4-5-9-15(13)22-2/h4-5,7,9,14H,6,8,10-11H2,1-3H3/t14-/m0/s1. The molecule has 1 aliphatic heterocycles. The van der Waals surface area contributed by atoms with Gasteiger partial charge < -0.3 is 9.47 Å². The van der Waals surface area contributed by atoms with Gasteiger partial charge >= 0.3 is 5.97 Å². The number of ether oxygens (including phenoxy) is 2. The number of methoxy groups -OCH3 is 2. The molecule has 0 amide bonds. The second-order valence-electron chi connectivity index (χ2n) is 5.89. The number of hydrogen-bond donors (Lipinski definition) is 0. The van der Waals surface area contributed by atoms with Crippen LogP contribution in [0.2, 0.25) is 0 Å². The van der Waals surface area contributed by atoms with Crippen LogP contribution in [0.5, 0.6) is 5.75 Å². The molecular formula is C18H22N2O3S. The van der Waals surface area contributed by atoms with Gasteiger partial charge in [0.1, 0.15) is 10.8 Å². The average molecular weight is 346 g/mol. The monoisotopic (exact) mass is 346 g/mol. The van der Waals surface area contributed by atoms with Crippen molar-refractivity contribution in [2.75, 3.05) is 20.8 Å². The van der Waals surface area contributed by atoms with E-state index in [0.29, 0.717) is 5.69 Å². The first-order valence-corrected chi connectivity index (χ1v) is 8.87. The van der Waals surface area contributed by atoms with Crippen molar-refractivity contribution in [2.24, 2.45) is 0 Å². The first-order valence-electron chi connectivity index (χ1n) is 8.05. The largest absolute Gasteiger partial charge is 0.496 e. The maximum atomic E-state index is 11.8. The summed E-state index contributed by atoms with van der Waals surface area (Å²) in [6, 6.07) is 8.35. The molecule has 1 aromatic heterocycles. The molecule has 0 unspecified atom stereocenters. The molecule has 0 radical (unpaired) electrons. The van der Waals surface area contributed by atoms with E-state index < -0.39 is 0 Å². The summed E-state index contributed by atoms with van der Waals surface area (Å²) >= 11 is 1.59. The van der Waals surface area contributed by atoms with Gasteiger partial charge in [-0.25, -0.2) is 9.78 Å². The number of esters is 1. The van der Waals surface area contributed by atoms with E-state index in [0.717, 1.165) is 41.6 Å². The highest BCUT2D eigenvalue weighted by Crippen LogP contribution is 2.37. The maximum absolute atomic E-state index is 11.8. The van der Waals surface area contributed by atoms with Crippen LogP contribution in [0.25, 0.3) is 0 Å². The molecule has 1 saturated heterocycles. The number of thiazole rings is 1. The molecule has 0 spiro atoms. The van der Waals surface area contributed by atoms with Crippen LogP contribution in [-0.4, -0.2) is 36.6 Å². The smallest absolute Gasteiger partial charge is 0.357 e. The van der Waals surface area contributed by atoms with Gasteiger partial charge in [0.25, 0.3) is 0 Å². The lowest BCUT2D eigenvalue weighted by Crippen LogP contribution is -2.23. The first-order chi connectivity index (χ1) is 11.6. The van der Waals surface area contributed by atoms with Crippen LogP contribution in [0.1, 0.15) is 44.8 Å². The molecule has 1 aromatic carbocycles. The molecule has 24 heavy (non-hydrogen) atoms. The molecule has 0 saturated carbocycles. The Labute approximate surface area is 146 Å². The minimum Gasteiger partial charge on any atom is -0.496 e. The Morgan fingerprint density at radius 2 is 2.17 bits per heavy atom. The first kappa shape index (κ1) is 16.9. The van der Waals surface area contributed by atoms with Crippen molar-refractivity contribution in [3.63, 3.8) is 0 Å². The minimum atomic E-state index is -0.357. The topological polar surface area (TPSA) is 51.7 Å². The Hall–Kier alpha value is -1.92. The average Bonchev–Trinajstić information content (AvgIpc) is 3.21. The van der Waals surface area contributed by atoms with Crippen LogP contribution in [0.3, 0.4) is 0 Å². The molecule has 0 aliphatic carbocycles. The van der Waals surface area contributed by atoms with Crippen LogP contribution < -0.4 is 4.74 Å². The van der Waals surface area contributed by atoms with E-state index in [1.807, 2.05) is 25.1 Å². The molecule has 128 valence electrons. The third-order valence-electron chi connectivity index (χ3n) is 4.41. The summed E-state index contributed by atoms with van der Waals surface area (Å²) < 4.78 is 10.3. The van der Waals surface area contributed by atoms with Gasteiger partial charge in [-0.2, -0.15) is 0 Å². The predicted octanol–water partition coefficient (Wildman–Crippen LogP) is 3.58. The highest BCUT2D eigenvalue weighted by atomic mass is 32.1. The summed E-state index contributed by atoms with van der Waals surface area (Å²) in [7, 11) is 3.09. The molecule has 6 heteroatoms. The van der Waals surface area contributed by atoms with Crippen molar-refractivity contribution in [1.82, 2.24) is 9.88 Å². The number of carbonyl (C=O) groups excluding carboxylic acids is 1. The number of likely N-dealkylation sites (tertiary alicyclic amines) is 1. The van der Waals surface area contributed by atoms with Crippen molar-refractivity contribution >= 4 is 17.3 Å². The van der Waals surface area contributed by atoms with Gasteiger partial charge in [0, 0.05) is 17.0 Å². The number of benzene rings is 1. The summed E-state index contributed by atoms with van der Waals surface area (Å²) in [5, 5.41) is 1.00. The van der Waals surface area contributed by atoms with Crippen LogP contribution >= 0.6 is 11.3 Å². The van der Waals surface area contributed by atoms with Crippen molar-refractivity contribution in [3.8, 4) is 5.75 Å². The Morgan fingerprint density at radius 1 is 1.38 bits per heavy atom. The number of carbonyl (C=O) groups is 1. The summed E-state index contributed by atoms with van der Waals surface area (Å²) in [6.07, 6.45) is 2.19. The van der Waals surface area contributed by atoms with Crippen LogP contribution in [-0.2, 0) is 11.3 Å². The van der Waals surface area contributed by atoms with Crippen LogP contribution in [0.15, 0.2) is 24.3 Å². The second kappa shape index (κ2) is 7.32. The normalized spacial score (nSPS) is 17.9. The van der Waals surface area contributed by atoms with Gasteiger partial charge in [0.2, 0.25) is 0 Å². The number of hydrogen-bond acceptors (Lipinski definition) is 6. The zero-order chi connectivity index (χ0) is 17.1. The molecule has 5 nitrogen and oxygen atoms in total. The zero-order valence-electron chi connectivity index (χ0n) is 14.2. The molecule has 1 atom stereocenters. The predicted molar refractivity (Wildman–Crippen MR) is 93.6 cm³/mol. The Bertz CT molecular complexity index is 729. The van der Waals surface area contributed by atoms with Crippen LogP contribution in [0, 0.1) is 6.92 Å². The second-order valence-corrected chi connectivity index (χ2v) is 7.12. The third kappa shape index (κ3) is 3.30. The van der Waals surface area contributed by atoms with E-state index in [1.54, 1.807) is 18.4 Å².